The maximum Gasteiger partial charge on any atom is 0.320 e. The topological polar surface area (TPSA) is 97.6 Å². The van der Waals surface area contributed by atoms with Crippen LogP contribution in [0.3, 0.4) is 0 Å². The third kappa shape index (κ3) is 4.37. The zero-order chi connectivity index (χ0) is 17.6. The largest absolute Gasteiger partial charge is 0.337 e. The van der Waals surface area contributed by atoms with E-state index in [0.717, 1.165) is 17.1 Å². The highest BCUT2D eigenvalue weighted by Gasteiger charge is 2.11. The minimum Gasteiger partial charge on any atom is -0.337 e. The van der Waals surface area contributed by atoms with Gasteiger partial charge in [0.15, 0.2) is 0 Å². The van der Waals surface area contributed by atoms with Crippen LogP contribution in [-0.4, -0.2) is 37.3 Å². The van der Waals surface area contributed by atoms with Crippen molar-refractivity contribution in [2.24, 2.45) is 0 Å². The summed E-state index contributed by atoms with van der Waals surface area (Å²) in [5, 5.41) is 9.75. The number of amides is 2. The first kappa shape index (κ1) is 16.6. The van der Waals surface area contributed by atoms with Crippen molar-refractivity contribution in [3.63, 3.8) is 0 Å². The minimum absolute atomic E-state index is 0.318. The van der Waals surface area contributed by atoms with E-state index in [1.807, 2.05) is 38.1 Å². The van der Waals surface area contributed by atoms with Crippen LogP contribution >= 0.6 is 0 Å². The normalized spacial score (nSPS) is 10.5. The molecule has 2 N–H and O–H groups in total. The van der Waals surface area contributed by atoms with Crippen molar-refractivity contribution >= 4 is 11.8 Å². The van der Waals surface area contributed by atoms with Crippen LogP contribution in [0.2, 0.25) is 0 Å². The van der Waals surface area contributed by atoms with Gasteiger partial charge in [0.1, 0.15) is 5.82 Å². The highest BCUT2D eigenvalue weighted by molar-refractivity contribution is 5.88. The number of urea groups is 1. The summed E-state index contributed by atoms with van der Waals surface area (Å²) < 4.78 is 1.50. The SMILES string of the molecule is Cc1cc(C)nc(-n2nccc2NC(=O)NCCc2ccccn2)n1. The molecule has 0 unspecified atom stereocenters. The van der Waals surface area contributed by atoms with E-state index in [1.165, 1.54) is 4.68 Å². The quantitative estimate of drug-likeness (QED) is 0.742. The van der Waals surface area contributed by atoms with Gasteiger partial charge in [0.25, 0.3) is 5.95 Å². The van der Waals surface area contributed by atoms with Gasteiger partial charge in [-0.1, -0.05) is 6.07 Å². The lowest BCUT2D eigenvalue weighted by molar-refractivity contribution is 0.252. The molecule has 0 fully saturated rings. The molecule has 3 aromatic heterocycles. The standard InChI is InChI=1S/C17H19N7O/c1-12-11-13(2)22-16(21-12)24-15(7-10-20-24)23-17(25)19-9-6-14-5-3-4-8-18-14/h3-5,7-8,10-11H,6,9H2,1-2H3,(H2,19,23,25). The summed E-state index contributed by atoms with van der Waals surface area (Å²) in [7, 11) is 0. The Bertz CT molecular complexity index is 840. The fourth-order valence-corrected chi connectivity index (χ4v) is 2.37. The summed E-state index contributed by atoms with van der Waals surface area (Å²) in [5.74, 6) is 0.923. The Morgan fingerprint density at radius 1 is 1.12 bits per heavy atom. The van der Waals surface area contributed by atoms with Gasteiger partial charge in [-0.25, -0.2) is 14.8 Å². The van der Waals surface area contributed by atoms with Gasteiger partial charge in [-0.2, -0.15) is 9.78 Å². The average Bonchev–Trinajstić information content (AvgIpc) is 3.03. The summed E-state index contributed by atoms with van der Waals surface area (Å²) in [5.41, 5.74) is 2.60. The molecule has 0 aromatic carbocycles. The summed E-state index contributed by atoms with van der Waals surface area (Å²) in [6.45, 7) is 4.26. The molecular formula is C17H19N7O. The molecule has 0 saturated carbocycles. The molecule has 0 bridgehead atoms. The highest BCUT2D eigenvalue weighted by atomic mass is 16.2. The van der Waals surface area contributed by atoms with Crippen molar-refractivity contribution in [3.8, 4) is 5.95 Å². The molecule has 2 amide bonds. The van der Waals surface area contributed by atoms with Crippen LogP contribution in [0.4, 0.5) is 10.6 Å². The van der Waals surface area contributed by atoms with Crippen molar-refractivity contribution < 1.29 is 4.79 Å². The molecule has 25 heavy (non-hydrogen) atoms. The van der Waals surface area contributed by atoms with E-state index in [-0.39, 0.29) is 6.03 Å². The van der Waals surface area contributed by atoms with E-state index in [2.05, 4.69) is 30.7 Å². The smallest absolute Gasteiger partial charge is 0.320 e. The number of pyridine rings is 1. The van der Waals surface area contributed by atoms with E-state index < -0.39 is 0 Å². The predicted octanol–water partition coefficient (Wildman–Crippen LogP) is 2.04. The van der Waals surface area contributed by atoms with Gasteiger partial charge in [-0.05, 0) is 32.0 Å². The predicted molar refractivity (Wildman–Crippen MR) is 93.6 cm³/mol. The highest BCUT2D eigenvalue weighted by Crippen LogP contribution is 2.12. The second kappa shape index (κ2) is 7.52. The van der Waals surface area contributed by atoms with Crippen molar-refractivity contribution in [2.75, 3.05) is 11.9 Å². The first-order valence-corrected chi connectivity index (χ1v) is 7.93. The summed E-state index contributed by atoms with van der Waals surface area (Å²) in [4.78, 5) is 25.0. The van der Waals surface area contributed by atoms with Crippen LogP contribution in [0.15, 0.2) is 42.7 Å². The van der Waals surface area contributed by atoms with Crippen molar-refractivity contribution in [1.29, 1.82) is 0 Å². The maximum absolute atomic E-state index is 12.1. The molecule has 0 saturated heterocycles. The number of anilines is 1. The molecule has 0 aliphatic carbocycles. The first-order valence-electron chi connectivity index (χ1n) is 7.93. The number of aryl methyl sites for hydroxylation is 2. The number of nitrogens with one attached hydrogen (secondary N) is 2. The lowest BCUT2D eigenvalue weighted by atomic mass is 10.3. The number of hydrogen-bond donors (Lipinski definition) is 2. The van der Waals surface area contributed by atoms with Crippen LogP contribution in [0.25, 0.3) is 5.95 Å². The number of aromatic nitrogens is 5. The molecule has 3 heterocycles. The zero-order valence-corrected chi connectivity index (χ0v) is 14.1. The maximum atomic E-state index is 12.1. The molecular weight excluding hydrogens is 318 g/mol. The van der Waals surface area contributed by atoms with Gasteiger partial charge in [0.2, 0.25) is 0 Å². The van der Waals surface area contributed by atoms with Crippen LogP contribution in [-0.2, 0) is 6.42 Å². The van der Waals surface area contributed by atoms with E-state index in [4.69, 9.17) is 0 Å². The van der Waals surface area contributed by atoms with E-state index in [1.54, 1.807) is 18.5 Å². The number of rotatable bonds is 5. The van der Waals surface area contributed by atoms with Crippen LogP contribution < -0.4 is 10.6 Å². The van der Waals surface area contributed by atoms with Crippen LogP contribution in [0, 0.1) is 13.8 Å². The van der Waals surface area contributed by atoms with Crippen LogP contribution in [0.5, 0.6) is 0 Å². The van der Waals surface area contributed by atoms with E-state index in [9.17, 15) is 4.79 Å². The van der Waals surface area contributed by atoms with Gasteiger partial charge in [0, 0.05) is 42.3 Å². The summed E-state index contributed by atoms with van der Waals surface area (Å²) in [6.07, 6.45) is 3.98. The molecule has 0 aliphatic heterocycles. The molecule has 0 spiro atoms. The molecule has 128 valence electrons. The fourth-order valence-electron chi connectivity index (χ4n) is 2.37. The average molecular weight is 337 g/mol. The summed E-state index contributed by atoms with van der Waals surface area (Å²) >= 11 is 0. The van der Waals surface area contributed by atoms with Crippen molar-refractivity contribution in [1.82, 2.24) is 30.0 Å². The van der Waals surface area contributed by atoms with Crippen molar-refractivity contribution in [3.05, 3.63) is 59.8 Å². The first-order chi connectivity index (χ1) is 12.1. The minimum atomic E-state index is -0.318. The third-order valence-electron chi connectivity index (χ3n) is 3.44. The molecule has 0 aliphatic rings. The Hall–Kier alpha value is -3.29. The monoisotopic (exact) mass is 337 g/mol. The van der Waals surface area contributed by atoms with Gasteiger partial charge in [0.05, 0.1) is 6.20 Å². The lowest BCUT2D eigenvalue weighted by Crippen LogP contribution is -2.31. The van der Waals surface area contributed by atoms with Gasteiger partial charge in [-0.3, -0.25) is 10.3 Å². The number of hydrogen-bond acceptors (Lipinski definition) is 5. The Morgan fingerprint density at radius 3 is 2.64 bits per heavy atom. The molecule has 3 rings (SSSR count). The zero-order valence-electron chi connectivity index (χ0n) is 14.1. The Kier molecular flexibility index (Phi) is 4.98. The molecule has 0 radical (unpaired) electrons. The molecule has 8 nitrogen and oxygen atoms in total. The van der Waals surface area contributed by atoms with Gasteiger partial charge >= 0.3 is 6.03 Å². The van der Waals surface area contributed by atoms with Gasteiger partial charge in [-0.15, -0.1) is 0 Å². The molecule has 8 heteroatoms. The molecule has 0 atom stereocenters. The Balaban J connectivity index is 1.62. The second-order valence-corrected chi connectivity index (χ2v) is 5.53. The van der Waals surface area contributed by atoms with Crippen LogP contribution in [0.1, 0.15) is 17.1 Å². The van der Waals surface area contributed by atoms with E-state index >= 15 is 0 Å². The molecule has 3 aromatic rings. The van der Waals surface area contributed by atoms with Crippen molar-refractivity contribution in [2.45, 2.75) is 20.3 Å². The summed E-state index contributed by atoms with van der Waals surface area (Å²) in [6, 6.07) is 8.96. The fraction of sp³-hybridized carbons (Fsp3) is 0.235. The van der Waals surface area contributed by atoms with Gasteiger partial charge < -0.3 is 5.32 Å². The Morgan fingerprint density at radius 2 is 1.92 bits per heavy atom. The number of nitrogens with zero attached hydrogens (tertiary/aromatic N) is 5. The lowest BCUT2D eigenvalue weighted by Gasteiger charge is -2.10. The van der Waals surface area contributed by atoms with E-state index in [0.29, 0.717) is 24.7 Å². The third-order valence-corrected chi connectivity index (χ3v) is 3.44. The number of carbonyl (C=O) groups is 1. The Labute approximate surface area is 145 Å². The second-order valence-electron chi connectivity index (χ2n) is 5.53. The number of carbonyl (C=O) groups excluding carboxylic acids is 1.